The van der Waals surface area contributed by atoms with Crippen molar-refractivity contribution in [3.63, 3.8) is 0 Å². The van der Waals surface area contributed by atoms with E-state index in [0.29, 0.717) is 18.6 Å². The lowest BCUT2D eigenvalue weighted by Gasteiger charge is -2.05. The molecule has 2 aromatic heterocycles. The van der Waals surface area contributed by atoms with Crippen molar-refractivity contribution in [3.05, 3.63) is 53.6 Å². The maximum Gasteiger partial charge on any atom is 0.373 e. The number of aromatic nitrogens is 1. The first kappa shape index (κ1) is 18.8. The highest BCUT2D eigenvalue weighted by Crippen LogP contribution is 2.25. The summed E-state index contributed by atoms with van der Waals surface area (Å²) in [5.74, 6) is 0.435. The quantitative estimate of drug-likeness (QED) is 0.447. The van der Waals surface area contributed by atoms with Crippen LogP contribution < -0.4 is 5.32 Å². The number of methoxy groups -OCH3 is 1. The number of unbranched alkanes of at least 4 members (excludes halogenated alkanes) is 2. The maximum atomic E-state index is 12.0. The first-order chi connectivity index (χ1) is 13.1. The molecule has 0 radical (unpaired) electrons. The maximum absolute atomic E-state index is 12.0. The highest BCUT2D eigenvalue weighted by atomic mass is 16.5. The van der Waals surface area contributed by atoms with Crippen molar-refractivity contribution in [1.82, 2.24) is 4.98 Å². The second-order valence-electron chi connectivity index (χ2n) is 6.51. The molecule has 3 aromatic rings. The van der Waals surface area contributed by atoms with E-state index in [1.165, 1.54) is 7.11 Å². The van der Waals surface area contributed by atoms with E-state index < -0.39 is 5.97 Å². The van der Waals surface area contributed by atoms with E-state index >= 15 is 0 Å². The minimum atomic E-state index is -0.487. The van der Waals surface area contributed by atoms with Gasteiger partial charge in [-0.2, -0.15) is 0 Å². The highest BCUT2D eigenvalue weighted by molar-refractivity contribution is 5.94. The summed E-state index contributed by atoms with van der Waals surface area (Å²) in [5.41, 5.74) is 2.77. The Bertz CT molecular complexity index is 939. The van der Waals surface area contributed by atoms with Crippen LogP contribution in [-0.2, 0) is 16.0 Å². The Hall–Kier alpha value is -3.02. The van der Waals surface area contributed by atoms with Gasteiger partial charge in [-0.25, -0.2) is 4.79 Å². The molecule has 0 aliphatic heterocycles. The molecule has 0 atom stereocenters. The number of aromatic amines is 1. The number of carbonyl (C=O) groups is 2. The van der Waals surface area contributed by atoms with Crippen molar-refractivity contribution >= 4 is 28.5 Å². The molecule has 2 N–H and O–H groups in total. The van der Waals surface area contributed by atoms with Crippen LogP contribution in [0.3, 0.4) is 0 Å². The molecule has 0 spiro atoms. The van der Waals surface area contributed by atoms with Crippen molar-refractivity contribution in [1.29, 1.82) is 0 Å². The molecule has 2 heterocycles. The Labute approximate surface area is 157 Å². The van der Waals surface area contributed by atoms with E-state index in [-0.39, 0.29) is 11.7 Å². The summed E-state index contributed by atoms with van der Waals surface area (Å²) < 4.78 is 10.2. The van der Waals surface area contributed by atoms with Crippen molar-refractivity contribution in [2.45, 2.75) is 39.0 Å². The van der Waals surface area contributed by atoms with Crippen molar-refractivity contribution in [2.75, 3.05) is 12.4 Å². The van der Waals surface area contributed by atoms with E-state index in [9.17, 15) is 9.59 Å². The molecular formula is C21H24N2O4. The molecule has 0 unspecified atom stereocenters. The molecule has 1 aromatic carbocycles. The summed E-state index contributed by atoms with van der Waals surface area (Å²) in [4.78, 5) is 26.7. The zero-order chi connectivity index (χ0) is 19.2. The lowest BCUT2D eigenvalue weighted by atomic mass is 10.1. The summed E-state index contributed by atoms with van der Waals surface area (Å²) in [6.45, 7) is 2.12. The molecule has 0 saturated carbocycles. The zero-order valence-electron chi connectivity index (χ0n) is 15.6. The first-order valence-corrected chi connectivity index (χ1v) is 9.17. The number of carbonyl (C=O) groups excluding carboxylic acids is 2. The van der Waals surface area contributed by atoms with Gasteiger partial charge in [0.1, 0.15) is 5.76 Å². The average molecular weight is 368 g/mol. The van der Waals surface area contributed by atoms with Crippen LogP contribution in [0, 0.1) is 0 Å². The number of hydrogen-bond donors (Lipinski definition) is 2. The van der Waals surface area contributed by atoms with Crippen molar-refractivity contribution in [3.8, 4) is 0 Å². The van der Waals surface area contributed by atoms with Crippen LogP contribution >= 0.6 is 0 Å². The minimum absolute atomic E-state index is 0.0421. The van der Waals surface area contributed by atoms with E-state index in [4.69, 9.17) is 4.42 Å². The van der Waals surface area contributed by atoms with E-state index in [2.05, 4.69) is 22.0 Å². The fraction of sp³-hybridized carbons (Fsp3) is 0.333. The normalized spacial score (nSPS) is 10.9. The number of anilines is 1. The van der Waals surface area contributed by atoms with Gasteiger partial charge in [-0.1, -0.05) is 25.8 Å². The summed E-state index contributed by atoms with van der Waals surface area (Å²) in [6, 6.07) is 9.20. The average Bonchev–Trinajstić information content (AvgIpc) is 3.29. The third kappa shape index (κ3) is 4.58. The van der Waals surface area contributed by atoms with Crippen LogP contribution in [0.1, 0.15) is 54.5 Å². The molecule has 0 aliphatic carbocycles. The Morgan fingerprint density at radius 3 is 2.81 bits per heavy atom. The molecule has 142 valence electrons. The van der Waals surface area contributed by atoms with Gasteiger partial charge in [0, 0.05) is 35.6 Å². The Kier molecular flexibility index (Phi) is 5.96. The van der Waals surface area contributed by atoms with Crippen LogP contribution in [0.2, 0.25) is 0 Å². The topological polar surface area (TPSA) is 84.3 Å². The third-order valence-electron chi connectivity index (χ3n) is 4.47. The minimum Gasteiger partial charge on any atom is -0.463 e. The van der Waals surface area contributed by atoms with Crippen LogP contribution in [-0.4, -0.2) is 24.0 Å². The molecule has 0 aliphatic rings. The van der Waals surface area contributed by atoms with Gasteiger partial charge in [0.05, 0.1) is 7.11 Å². The van der Waals surface area contributed by atoms with E-state index in [1.54, 1.807) is 12.1 Å². The number of furan rings is 1. The predicted molar refractivity (Wildman–Crippen MR) is 104 cm³/mol. The fourth-order valence-corrected chi connectivity index (χ4v) is 3.04. The van der Waals surface area contributed by atoms with Gasteiger partial charge in [0.15, 0.2) is 0 Å². The molecule has 0 bridgehead atoms. The lowest BCUT2D eigenvalue weighted by Crippen LogP contribution is -2.10. The van der Waals surface area contributed by atoms with Gasteiger partial charge >= 0.3 is 5.97 Å². The molecule has 0 saturated heterocycles. The molecule has 3 rings (SSSR count). The molecule has 6 nitrogen and oxygen atoms in total. The van der Waals surface area contributed by atoms with Gasteiger partial charge in [-0.05, 0) is 36.2 Å². The highest BCUT2D eigenvalue weighted by Gasteiger charge is 2.13. The number of ether oxygens (including phenoxy) is 1. The SMILES string of the molecule is CCCCCC(=O)Nc1ccc2c(Cc3ccc(C(=O)OC)o3)c[nH]c2c1. The fourth-order valence-electron chi connectivity index (χ4n) is 3.04. The smallest absolute Gasteiger partial charge is 0.373 e. The van der Waals surface area contributed by atoms with Gasteiger partial charge in [0.25, 0.3) is 0 Å². The van der Waals surface area contributed by atoms with E-state index in [1.807, 2.05) is 24.4 Å². The summed E-state index contributed by atoms with van der Waals surface area (Å²) in [5, 5.41) is 4.00. The second kappa shape index (κ2) is 8.58. The third-order valence-corrected chi connectivity index (χ3v) is 4.47. The predicted octanol–water partition coefficient (Wildman–Crippen LogP) is 4.66. The van der Waals surface area contributed by atoms with Crippen LogP contribution in [0.5, 0.6) is 0 Å². The number of nitrogens with one attached hydrogen (secondary N) is 2. The number of H-pyrrole nitrogens is 1. The largest absolute Gasteiger partial charge is 0.463 e. The number of rotatable bonds is 8. The number of esters is 1. The molecule has 0 fully saturated rings. The monoisotopic (exact) mass is 368 g/mol. The Morgan fingerprint density at radius 1 is 1.19 bits per heavy atom. The molecule has 6 heteroatoms. The Morgan fingerprint density at radius 2 is 2.04 bits per heavy atom. The van der Waals surface area contributed by atoms with Crippen LogP contribution in [0.25, 0.3) is 10.9 Å². The summed E-state index contributed by atoms with van der Waals surface area (Å²) in [6.07, 6.45) is 6.09. The van der Waals surface area contributed by atoms with Crippen molar-refractivity contribution in [2.24, 2.45) is 0 Å². The number of amides is 1. The lowest BCUT2D eigenvalue weighted by molar-refractivity contribution is -0.116. The zero-order valence-corrected chi connectivity index (χ0v) is 15.6. The first-order valence-electron chi connectivity index (χ1n) is 9.17. The summed E-state index contributed by atoms with van der Waals surface area (Å²) >= 11 is 0. The van der Waals surface area contributed by atoms with E-state index in [0.717, 1.165) is 41.4 Å². The second-order valence-corrected chi connectivity index (χ2v) is 6.51. The Balaban J connectivity index is 1.69. The number of fused-ring (bicyclic) bond motifs is 1. The van der Waals surface area contributed by atoms with Gasteiger partial charge in [-0.15, -0.1) is 0 Å². The van der Waals surface area contributed by atoms with Crippen LogP contribution in [0.15, 0.2) is 40.9 Å². The number of benzene rings is 1. The van der Waals surface area contributed by atoms with Crippen LogP contribution in [0.4, 0.5) is 5.69 Å². The number of hydrogen-bond acceptors (Lipinski definition) is 4. The molecule has 1 amide bonds. The van der Waals surface area contributed by atoms with Crippen molar-refractivity contribution < 1.29 is 18.7 Å². The molecular weight excluding hydrogens is 344 g/mol. The van der Waals surface area contributed by atoms with Gasteiger partial charge in [-0.3, -0.25) is 4.79 Å². The summed E-state index contributed by atoms with van der Waals surface area (Å²) in [7, 11) is 1.32. The molecule has 27 heavy (non-hydrogen) atoms. The van der Waals surface area contributed by atoms with Gasteiger partial charge < -0.3 is 19.5 Å². The standard InChI is InChI=1S/C21H24N2O4/c1-3-4-5-6-20(24)23-15-7-9-17-14(13-22-18(17)12-15)11-16-8-10-19(27-16)21(25)26-2/h7-10,12-13,22H,3-6,11H2,1-2H3,(H,23,24). The van der Waals surface area contributed by atoms with Gasteiger partial charge in [0.2, 0.25) is 11.7 Å².